The van der Waals surface area contributed by atoms with Crippen molar-refractivity contribution in [3.63, 3.8) is 0 Å². The van der Waals surface area contributed by atoms with Gasteiger partial charge in [-0.25, -0.2) is 4.98 Å². The molecule has 3 rings (SSSR count). The Morgan fingerprint density at radius 1 is 1.26 bits per heavy atom. The van der Waals surface area contributed by atoms with Crippen LogP contribution in [0.15, 0.2) is 43.1 Å². The van der Waals surface area contributed by atoms with Gasteiger partial charge in [-0.15, -0.1) is 0 Å². The van der Waals surface area contributed by atoms with Crippen LogP contribution in [0.5, 0.6) is 0 Å². The van der Waals surface area contributed by atoms with E-state index < -0.39 is 0 Å². The first-order valence-electron chi connectivity index (χ1n) is 7.48. The zero-order valence-electron chi connectivity index (χ0n) is 12.9. The number of methoxy groups -OCH3 is 1. The third-order valence-corrected chi connectivity index (χ3v) is 3.98. The van der Waals surface area contributed by atoms with E-state index in [9.17, 15) is 4.79 Å². The Kier molecular flexibility index (Phi) is 4.77. The van der Waals surface area contributed by atoms with Crippen molar-refractivity contribution in [3.05, 3.63) is 43.1 Å². The van der Waals surface area contributed by atoms with Crippen molar-refractivity contribution in [2.24, 2.45) is 11.8 Å². The number of pyridine rings is 1. The number of amides is 1. The average Bonchev–Trinajstić information content (AvgIpc) is 3.01. The molecule has 0 aliphatic carbocycles. The van der Waals surface area contributed by atoms with Crippen molar-refractivity contribution in [1.29, 1.82) is 0 Å². The van der Waals surface area contributed by atoms with Gasteiger partial charge in [0.2, 0.25) is 5.91 Å². The molecule has 3 heterocycles. The molecule has 7 heteroatoms. The Balaban J connectivity index is 1.72. The fourth-order valence-electron chi connectivity index (χ4n) is 2.86. The molecule has 0 bridgehead atoms. The smallest absolute Gasteiger partial charge is 0.229 e. The van der Waals surface area contributed by atoms with Crippen molar-refractivity contribution in [1.82, 2.24) is 15.0 Å². The fourth-order valence-corrected chi connectivity index (χ4v) is 2.86. The molecule has 1 fully saturated rings. The van der Waals surface area contributed by atoms with Gasteiger partial charge >= 0.3 is 0 Å². The largest absolute Gasteiger partial charge is 0.384 e. The topological polar surface area (TPSA) is 80.2 Å². The second kappa shape index (κ2) is 7.15. The van der Waals surface area contributed by atoms with E-state index in [-0.39, 0.29) is 17.7 Å². The first-order chi connectivity index (χ1) is 11.3. The van der Waals surface area contributed by atoms with Crippen LogP contribution < -0.4 is 10.2 Å². The summed E-state index contributed by atoms with van der Waals surface area (Å²) >= 11 is 0. The third kappa shape index (κ3) is 3.62. The maximum absolute atomic E-state index is 12.6. The number of ether oxygens (including phenoxy) is 1. The maximum Gasteiger partial charge on any atom is 0.229 e. The van der Waals surface area contributed by atoms with Crippen molar-refractivity contribution < 1.29 is 9.53 Å². The highest BCUT2D eigenvalue weighted by Crippen LogP contribution is 2.28. The number of aromatic nitrogens is 3. The first-order valence-corrected chi connectivity index (χ1v) is 7.48. The summed E-state index contributed by atoms with van der Waals surface area (Å²) in [7, 11) is 1.66. The summed E-state index contributed by atoms with van der Waals surface area (Å²) in [5.74, 6) is 0.728. The summed E-state index contributed by atoms with van der Waals surface area (Å²) in [6.45, 7) is 1.86. The number of rotatable bonds is 5. The Bertz CT molecular complexity index is 637. The lowest BCUT2D eigenvalue weighted by Crippen LogP contribution is -2.31. The second-order valence-corrected chi connectivity index (χ2v) is 5.52. The van der Waals surface area contributed by atoms with Crippen LogP contribution in [-0.2, 0) is 9.53 Å². The minimum Gasteiger partial charge on any atom is -0.384 e. The quantitative estimate of drug-likeness (QED) is 0.893. The third-order valence-electron chi connectivity index (χ3n) is 3.98. The van der Waals surface area contributed by atoms with Crippen molar-refractivity contribution >= 4 is 17.4 Å². The summed E-state index contributed by atoms with van der Waals surface area (Å²) in [6.07, 6.45) is 8.32. The van der Waals surface area contributed by atoms with E-state index in [2.05, 4.69) is 25.2 Å². The summed E-state index contributed by atoms with van der Waals surface area (Å²) < 4.78 is 5.29. The van der Waals surface area contributed by atoms with Gasteiger partial charge in [0.05, 0.1) is 18.7 Å². The van der Waals surface area contributed by atoms with Gasteiger partial charge in [0.1, 0.15) is 5.82 Å². The van der Waals surface area contributed by atoms with Crippen molar-refractivity contribution in [3.8, 4) is 0 Å². The molecule has 1 aliphatic heterocycles. The van der Waals surface area contributed by atoms with Gasteiger partial charge in [0.25, 0.3) is 0 Å². The van der Waals surface area contributed by atoms with Crippen LogP contribution in [0.4, 0.5) is 11.5 Å². The van der Waals surface area contributed by atoms with Gasteiger partial charge in [-0.1, -0.05) is 0 Å². The van der Waals surface area contributed by atoms with Crippen LogP contribution in [0, 0.1) is 11.8 Å². The van der Waals surface area contributed by atoms with E-state index in [4.69, 9.17) is 4.74 Å². The van der Waals surface area contributed by atoms with E-state index in [1.54, 1.807) is 50.2 Å². The number of nitrogens with zero attached hydrogens (tertiary/aromatic N) is 4. The molecule has 1 aliphatic rings. The number of carbonyl (C=O) groups is 1. The SMILES string of the molecule is COC[C@@H]1CN(c2cnccn2)C[C@H]1C(=O)Nc1ccncc1. The Morgan fingerprint density at radius 3 is 2.78 bits per heavy atom. The number of hydrogen-bond acceptors (Lipinski definition) is 6. The van der Waals surface area contributed by atoms with Crippen LogP contribution in [-0.4, -0.2) is 47.7 Å². The molecule has 120 valence electrons. The molecule has 2 aromatic rings. The zero-order chi connectivity index (χ0) is 16.1. The van der Waals surface area contributed by atoms with E-state index in [0.717, 1.165) is 18.1 Å². The molecule has 0 spiro atoms. The molecule has 0 unspecified atom stereocenters. The molecule has 2 atom stereocenters. The van der Waals surface area contributed by atoms with Gasteiger partial charge in [0, 0.05) is 56.6 Å². The second-order valence-electron chi connectivity index (χ2n) is 5.52. The molecule has 1 amide bonds. The highest BCUT2D eigenvalue weighted by molar-refractivity contribution is 5.93. The predicted octanol–water partition coefficient (Wildman–Crippen LogP) is 1.21. The van der Waals surface area contributed by atoms with Gasteiger partial charge < -0.3 is 15.0 Å². The molecule has 1 N–H and O–H groups in total. The van der Waals surface area contributed by atoms with E-state index in [0.29, 0.717) is 13.2 Å². The molecular weight excluding hydrogens is 294 g/mol. The molecule has 0 saturated carbocycles. The van der Waals surface area contributed by atoms with Crippen LogP contribution in [0.1, 0.15) is 0 Å². The standard InChI is InChI=1S/C16H19N5O2/c1-23-11-12-9-21(15-8-18-6-7-19-15)10-14(12)16(22)20-13-2-4-17-5-3-13/h2-8,12,14H,9-11H2,1H3,(H,17,20,22)/t12-,14+/m0/s1. The number of anilines is 2. The van der Waals surface area contributed by atoms with Crippen molar-refractivity contribution in [2.45, 2.75) is 0 Å². The molecular formula is C16H19N5O2. The van der Waals surface area contributed by atoms with Crippen molar-refractivity contribution in [2.75, 3.05) is 37.0 Å². The van der Waals surface area contributed by atoms with Gasteiger partial charge in [-0.05, 0) is 12.1 Å². The summed E-state index contributed by atoms with van der Waals surface area (Å²) in [5, 5.41) is 2.95. The highest BCUT2D eigenvalue weighted by atomic mass is 16.5. The Labute approximate surface area is 134 Å². The van der Waals surface area contributed by atoms with Crippen LogP contribution >= 0.6 is 0 Å². The molecule has 7 nitrogen and oxygen atoms in total. The van der Waals surface area contributed by atoms with Crippen LogP contribution in [0.25, 0.3) is 0 Å². The predicted molar refractivity (Wildman–Crippen MR) is 86.0 cm³/mol. The number of carbonyl (C=O) groups excluding carboxylic acids is 1. The van der Waals surface area contributed by atoms with Gasteiger partial charge in [-0.2, -0.15) is 0 Å². The van der Waals surface area contributed by atoms with E-state index >= 15 is 0 Å². The van der Waals surface area contributed by atoms with Gasteiger partial charge in [0.15, 0.2) is 0 Å². The molecule has 2 aromatic heterocycles. The van der Waals surface area contributed by atoms with E-state index in [1.807, 2.05) is 0 Å². The Morgan fingerprint density at radius 2 is 2.09 bits per heavy atom. The van der Waals surface area contributed by atoms with Crippen LogP contribution in [0.2, 0.25) is 0 Å². The highest BCUT2D eigenvalue weighted by Gasteiger charge is 2.38. The minimum absolute atomic E-state index is 0.00959. The van der Waals surface area contributed by atoms with Gasteiger partial charge in [-0.3, -0.25) is 14.8 Å². The molecule has 0 radical (unpaired) electrons. The Hall–Kier alpha value is -2.54. The monoisotopic (exact) mass is 313 g/mol. The fraction of sp³-hybridized carbons (Fsp3) is 0.375. The summed E-state index contributed by atoms with van der Waals surface area (Å²) in [5.41, 5.74) is 0.749. The maximum atomic E-state index is 12.6. The van der Waals surface area contributed by atoms with E-state index in [1.165, 1.54) is 0 Å². The minimum atomic E-state index is -0.162. The lowest BCUT2D eigenvalue weighted by Gasteiger charge is -2.16. The summed E-state index contributed by atoms with van der Waals surface area (Å²) in [6, 6.07) is 3.55. The van der Waals surface area contributed by atoms with Crippen LogP contribution in [0.3, 0.4) is 0 Å². The number of nitrogens with one attached hydrogen (secondary N) is 1. The molecule has 23 heavy (non-hydrogen) atoms. The number of hydrogen-bond donors (Lipinski definition) is 1. The molecule has 1 saturated heterocycles. The molecule has 0 aromatic carbocycles. The normalized spacial score (nSPS) is 20.5. The summed E-state index contributed by atoms with van der Waals surface area (Å²) in [4.78, 5) is 27.1. The lowest BCUT2D eigenvalue weighted by molar-refractivity contribution is -0.120. The zero-order valence-corrected chi connectivity index (χ0v) is 12.9. The average molecular weight is 313 g/mol. The first kappa shape index (κ1) is 15.4. The lowest BCUT2D eigenvalue weighted by atomic mass is 9.96.